The number of nitrogens with zero attached hydrogens (tertiary/aromatic N) is 2. The van der Waals surface area contributed by atoms with E-state index in [1.807, 2.05) is 0 Å². The normalized spacial score (nSPS) is 19.7. The largest absolute Gasteiger partial charge is 0.494 e. The number of fused-ring (bicyclic) bond motifs is 1. The molecule has 1 N–H and O–H groups in total. The summed E-state index contributed by atoms with van der Waals surface area (Å²) >= 11 is 0. The molecule has 5 nitrogen and oxygen atoms in total. The highest BCUT2D eigenvalue weighted by molar-refractivity contribution is 5.77. The molecule has 1 saturated carbocycles. The Morgan fingerprint density at radius 2 is 1.77 bits per heavy atom. The molecule has 0 amide bonds. The van der Waals surface area contributed by atoms with Crippen molar-refractivity contribution in [3.05, 3.63) is 63.8 Å². The molecule has 0 bridgehead atoms. The van der Waals surface area contributed by atoms with Crippen molar-refractivity contribution >= 4 is 11.0 Å². The van der Waals surface area contributed by atoms with Crippen LogP contribution >= 0.6 is 0 Å². The second kappa shape index (κ2) is 8.03. The summed E-state index contributed by atoms with van der Waals surface area (Å²) in [5.41, 5.74) is -0.343. The maximum Gasteiger partial charge on any atom is 0.416 e. The van der Waals surface area contributed by atoms with Crippen molar-refractivity contribution < 1.29 is 27.4 Å². The molecule has 1 fully saturated rings. The summed E-state index contributed by atoms with van der Waals surface area (Å²) in [6.07, 6.45) is -2.84. The zero-order valence-corrected chi connectivity index (χ0v) is 16.8. The smallest absolute Gasteiger partial charge is 0.416 e. The van der Waals surface area contributed by atoms with E-state index in [2.05, 4.69) is 0 Å². The summed E-state index contributed by atoms with van der Waals surface area (Å²) in [5.74, 6) is -0.576. The van der Waals surface area contributed by atoms with Crippen LogP contribution in [0, 0.1) is 5.82 Å². The average Bonchev–Trinajstić information content (AvgIpc) is 2.99. The van der Waals surface area contributed by atoms with E-state index in [0.717, 1.165) is 12.1 Å². The monoisotopic (exact) mass is 438 g/mol. The zero-order chi connectivity index (χ0) is 22.3. The molecule has 0 saturated heterocycles. The average molecular weight is 438 g/mol. The second-order valence-corrected chi connectivity index (χ2v) is 7.87. The molecule has 1 heterocycles. The molecule has 0 atom stereocenters. The van der Waals surface area contributed by atoms with Gasteiger partial charge in [-0.3, -0.25) is 9.13 Å². The van der Waals surface area contributed by atoms with Gasteiger partial charge in [-0.1, -0.05) is 6.07 Å². The van der Waals surface area contributed by atoms with Crippen molar-refractivity contribution in [2.24, 2.45) is 0 Å². The Morgan fingerprint density at radius 3 is 2.39 bits per heavy atom. The minimum absolute atomic E-state index is 0.0404. The Labute approximate surface area is 175 Å². The van der Waals surface area contributed by atoms with Crippen molar-refractivity contribution in [1.29, 1.82) is 0 Å². The predicted octanol–water partition coefficient (Wildman–Crippen LogP) is 4.49. The summed E-state index contributed by atoms with van der Waals surface area (Å²) in [4.78, 5) is 13.3. The lowest BCUT2D eigenvalue weighted by Gasteiger charge is -2.26. The van der Waals surface area contributed by atoms with Crippen LogP contribution in [0.4, 0.5) is 17.6 Å². The lowest BCUT2D eigenvalue weighted by molar-refractivity contribution is -0.137. The Hall–Kier alpha value is -2.81. The number of hydrogen-bond acceptors (Lipinski definition) is 3. The quantitative estimate of drug-likeness (QED) is 0.611. The Morgan fingerprint density at radius 1 is 1.06 bits per heavy atom. The van der Waals surface area contributed by atoms with Gasteiger partial charge in [-0.15, -0.1) is 0 Å². The van der Waals surface area contributed by atoms with Gasteiger partial charge >= 0.3 is 11.9 Å². The first kappa shape index (κ1) is 21.4. The number of imidazole rings is 1. The van der Waals surface area contributed by atoms with Crippen LogP contribution in [0.3, 0.4) is 0 Å². The van der Waals surface area contributed by atoms with Gasteiger partial charge in [0.1, 0.15) is 0 Å². The number of benzene rings is 2. The van der Waals surface area contributed by atoms with E-state index in [4.69, 9.17) is 4.74 Å². The second-order valence-electron chi connectivity index (χ2n) is 7.87. The number of methoxy groups -OCH3 is 1. The Balaban J connectivity index is 1.85. The van der Waals surface area contributed by atoms with Crippen LogP contribution in [0.1, 0.15) is 42.9 Å². The van der Waals surface area contributed by atoms with Gasteiger partial charge in [-0.05, 0) is 61.6 Å². The fourth-order valence-electron chi connectivity index (χ4n) is 4.27. The van der Waals surface area contributed by atoms with Gasteiger partial charge in [-0.2, -0.15) is 13.2 Å². The van der Waals surface area contributed by atoms with Gasteiger partial charge in [0.25, 0.3) is 0 Å². The minimum atomic E-state index is -4.56. The van der Waals surface area contributed by atoms with Gasteiger partial charge in [0.05, 0.1) is 36.4 Å². The number of halogens is 4. The van der Waals surface area contributed by atoms with Gasteiger partial charge in [0.15, 0.2) is 11.6 Å². The lowest BCUT2D eigenvalue weighted by atomic mass is 9.93. The van der Waals surface area contributed by atoms with E-state index in [9.17, 15) is 27.5 Å². The Kier molecular flexibility index (Phi) is 5.55. The van der Waals surface area contributed by atoms with Gasteiger partial charge < -0.3 is 9.84 Å². The molecule has 9 heteroatoms. The fourth-order valence-corrected chi connectivity index (χ4v) is 4.27. The minimum Gasteiger partial charge on any atom is -0.494 e. The SMILES string of the molecule is COc1ccc(Cn2c(=O)n([C@H]3CC[C@H](O)CC3)c3ccc(C(F)(F)F)cc32)cc1F. The van der Waals surface area contributed by atoms with Crippen molar-refractivity contribution in [3.63, 3.8) is 0 Å². The summed E-state index contributed by atoms with van der Waals surface area (Å²) in [7, 11) is 1.33. The van der Waals surface area contributed by atoms with Crippen molar-refractivity contribution in [1.82, 2.24) is 9.13 Å². The molecular formula is C22H22F4N2O3. The predicted molar refractivity (Wildman–Crippen MR) is 107 cm³/mol. The highest BCUT2D eigenvalue weighted by Gasteiger charge is 2.32. The standard InChI is InChI=1S/C22H22F4N2O3/c1-31-20-9-2-13(10-17(20)23)12-27-19-11-14(22(24,25)26)3-8-18(19)28(21(27)30)15-4-6-16(29)7-5-15/h2-3,8-11,15-16,29H,4-7,12H2,1H3/t15-,16-. The molecule has 31 heavy (non-hydrogen) atoms. The van der Waals surface area contributed by atoms with E-state index in [0.29, 0.717) is 36.8 Å². The van der Waals surface area contributed by atoms with E-state index in [1.54, 1.807) is 6.07 Å². The van der Waals surface area contributed by atoms with Crippen LogP contribution in [0.15, 0.2) is 41.2 Å². The summed E-state index contributed by atoms with van der Waals surface area (Å²) < 4.78 is 61.8. The molecule has 1 aliphatic rings. The number of alkyl halides is 3. The molecular weight excluding hydrogens is 416 g/mol. The first-order valence-electron chi connectivity index (χ1n) is 10.0. The molecule has 0 spiro atoms. The highest BCUT2D eigenvalue weighted by Crippen LogP contribution is 2.34. The highest BCUT2D eigenvalue weighted by atomic mass is 19.4. The third-order valence-electron chi connectivity index (χ3n) is 5.88. The van der Waals surface area contributed by atoms with E-state index in [1.165, 1.54) is 34.4 Å². The van der Waals surface area contributed by atoms with E-state index < -0.39 is 29.4 Å². The van der Waals surface area contributed by atoms with E-state index in [-0.39, 0.29) is 23.9 Å². The number of aromatic nitrogens is 2. The lowest BCUT2D eigenvalue weighted by Crippen LogP contribution is -2.31. The molecule has 166 valence electrons. The van der Waals surface area contributed by atoms with Crippen LogP contribution in [-0.4, -0.2) is 27.5 Å². The van der Waals surface area contributed by atoms with Crippen LogP contribution < -0.4 is 10.4 Å². The first-order valence-corrected chi connectivity index (χ1v) is 10.0. The van der Waals surface area contributed by atoms with Gasteiger partial charge in [-0.25, -0.2) is 9.18 Å². The molecule has 2 aromatic carbocycles. The molecule has 0 radical (unpaired) electrons. The van der Waals surface area contributed by atoms with Crippen molar-refractivity contribution in [3.8, 4) is 5.75 Å². The fraction of sp³-hybridized carbons (Fsp3) is 0.409. The molecule has 0 aliphatic heterocycles. The van der Waals surface area contributed by atoms with Gasteiger partial charge in [0.2, 0.25) is 0 Å². The number of ether oxygens (including phenoxy) is 1. The number of rotatable bonds is 4. The number of aliphatic hydroxyl groups is 1. The third-order valence-corrected chi connectivity index (χ3v) is 5.88. The topological polar surface area (TPSA) is 56.4 Å². The molecule has 0 unspecified atom stereocenters. The van der Waals surface area contributed by atoms with Crippen molar-refractivity contribution in [2.45, 2.75) is 50.6 Å². The summed E-state index contributed by atoms with van der Waals surface area (Å²) in [5, 5.41) is 9.79. The van der Waals surface area contributed by atoms with E-state index >= 15 is 0 Å². The molecule has 3 aromatic rings. The first-order chi connectivity index (χ1) is 14.7. The zero-order valence-electron chi connectivity index (χ0n) is 16.8. The maximum atomic E-state index is 14.1. The van der Waals surface area contributed by atoms with Crippen LogP contribution in [-0.2, 0) is 12.7 Å². The van der Waals surface area contributed by atoms with Crippen molar-refractivity contribution in [2.75, 3.05) is 7.11 Å². The molecule has 1 aliphatic carbocycles. The van der Waals surface area contributed by atoms with Crippen LogP contribution in [0.2, 0.25) is 0 Å². The Bertz CT molecular complexity index is 1160. The molecule has 1 aromatic heterocycles. The van der Waals surface area contributed by atoms with Crippen LogP contribution in [0.5, 0.6) is 5.75 Å². The number of aliphatic hydroxyl groups excluding tert-OH is 1. The third kappa shape index (κ3) is 4.06. The summed E-state index contributed by atoms with van der Waals surface area (Å²) in [6.45, 7) is -0.0834. The summed E-state index contributed by atoms with van der Waals surface area (Å²) in [6, 6.07) is 7.22. The molecule has 4 rings (SSSR count). The van der Waals surface area contributed by atoms with Crippen LogP contribution in [0.25, 0.3) is 11.0 Å². The van der Waals surface area contributed by atoms with Gasteiger partial charge in [0, 0.05) is 6.04 Å². The number of hydrogen-bond donors (Lipinski definition) is 1. The maximum absolute atomic E-state index is 14.1.